The van der Waals surface area contributed by atoms with Crippen molar-refractivity contribution in [1.29, 1.82) is 0 Å². The van der Waals surface area contributed by atoms with Crippen LogP contribution in [0.5, 0.6) is 0 Å². The van der Waals surface area contributed by atoms with Crippen molar-refractivity contribution in [3.63, 3.8) is 0 Å². The van der Waals surface area contributed by atoms with Gasteiger partial charge < -0.3 is 0 Å². The quantitative estimate of drug-likeness (QED) is 0.416. The summed E-state index contributed by atoms with van der Waals surface area (Å²) in [4.78, 5) is 14.7. The molecular weight excluding hydrogens is 341 g/mol. The van der Waals surface area contributed by atoms with E-state index in [0.29, 0.717) is 17.7 Å². The van der Waals surface area contributed by atoms with Gasteiger partial charge in [-0.1, -0.05) is 18.6 Å². The molecule has 5 unspecified atom stereocenters. The average Bonchev–Trinajstić information content (AvgIpc) is 3.11. The van der Waals surface area contributed by atoms with Crippen LogP contribution in [0.3, 0.4) is 0 Å². The van der Waals surface area contributed by atoms with Crippen molar-refractivity contribution in [1.82, 2.24) is 4.90 Å². The second-order valence-corrected chi connectivity index (χ2v) is 10.3. The maximum Gasteiger partial charge on any atom is 0.317 e. The molecule has 5 atom stereocenters. The Bertz CT molecular complexity index is 603. The second-order valence-electron chi connectivity index (χ2n) is 6.15. The van der Waals surface area contributed by atoms with E-state index < -0.39 is 7.55 Å². The van der Waals surface area contributed by atoms with Gasteiger partial charge in [0, 0.05) is 6.92 Å². The van der Waals surface area contributed by atoms with Crippen LogP contribution in [0.15, 0.2) is 0 Å². The number of carbonyl (C=O) groups is 1. The van der Waals surface area contributed by atoms with Gasteiger partial charge in [-0.15, -0.1) is 21.4 Å². The van der Waals surface area contributed by atoms with Crippen molar-refractivity contribution < 1.29 is 9.37 Å². The first-order chi connectivity index (χ1) is 11.0. The van der Waals surface area contributed by atoms with Crippen molar-refractivity contribution in [3.05, 3.63) is 0 Å². The third-order valence-corrected chi connectivity index (χ3v) is 8.01. The number of amides is 1. The van der Waals surface area contributed by atoms with Crippen LogP contribution >= 0.6 is 24.3 Å². The molecule has 1 amide bonds. The number of amidine groups is 1. The molecule has 124 valence electrons. The molecule has 3 nitrogen and oxygen atoms in total. The lowest BCUT2D eigenvalue weighted by atomic mass is 10.1. The lowest BCUT2D eigenvalue weighted by molar-refractivity contribution is -0.443. The molecule has 6 heteroatoms. The monoisotopic (exact) mass is 368 g/mol. The highest BCUT2D eigenvalue weighted by Crippen LogP contribution is 2.41. The standard InChI is InChI=1S/C17H27N2OP3/c1-6-10-18-16(23(4)5)11-19(15(20)12-21-2)17(18)13-8-7-9-14(13)22-3/h13-14,16,22H,2,4,7-9,11-12H2,1,3,5H3/q+2. The second kappa shape index (κ2) is 8.53. The summed E-state index contributed by atoms with van der Waals surface area (Å²) < 4.78 is 2.21. The van der Waals surface area contributed by atoms with E-state index in [2.05, 4.69) is 42.5 Å². The molecule has 1 saturated carbocycles. The summed E-state index contributed by atoms with van der Waals surface area (Å²) in [6.45, 7) is 7.10. The maximum absolute atomic E-state index is 12.7. The minimum absolute atomic E-state index is 0.198. The van der Waals surface area contributed by atoms with Gasteiger partial charge in [0.05, 0.1) is 25.0 Å². The van der Waals surface area contributed by atoms with Gasteiger partial charge in [0.15, 0.2) is 6.54 Å². The Morgan fingerprint density at radius 1 is 1.57 bits per heavy atom. The molecule has 1 aliphatic heterocycles. The predicted molar refractivity (Wildman–Crippen MR) is 108 cm³/mol. The third kappa shape index (κ3) is 3.94. The van der Waals surface area contributed by atoms with Gasteiger partial charge in [-0.25, -0.2) is 4.79 Å². The fourth-order valence-electron chi connectivity index (χ4n) is 3.61. The minimum atomic E-state index is -0.430. The largest absolute Gasteiger partial charge is 0.317 e. The molecule has 1 aliphatic carbocycles. The number of carbonyl (C=O) groups excluding carboxylic acids is 1. The Hall–Kier alpha value is -0.530. The van der Waals surface area contributed by atoms with Crippen LogP contribution in [-0.2, 0) is 4.79 Å². The minimum Gasteiger partial charge on any atom is -0.246 e. The van der Waals surface area contributed by atoms with Gasteiger partial charge in [0.1, 0.15) is 13.6 Å². The molecule has 0 aromatic rings. The van der Waals surface area contributed by atoms with Crippen LogP contribution in [0.25, 0.3) is 0 Å². The van der Waals surface area contributed by atoms with Crippen molar-refractivity contribution in [2.45, 2.75) is 37.6 Å². The van der Waals surface area contributed by atoms with Gasteiger partial charge in [-0.2, -0.15) is 4.90 Å². The zero-order chi connectivity index (χ0) is 17.0. The van der Waals surface area contributed by atoms with Gasteiger partial charge in [0.25, 0.3) is 11.6 Å². The van der Waals surface area contributed by atoms with Crippen molar-refractivity contribution in [2.24, 2.45) is 5.92 Å². The fourth-order valence-corrected chi connectivity index (χ4v) is 6.20. The summed E-state index contributed by atoms with van der Waals surface area (Å²) >= 11 is 0. The molecule has 1 heterocycles. The van der Waals surface area contributed by atoms with Crippen LogP contribution in [0.2, 0.25) is 0 Å². The van der Waals surface area contributed by atoms with Gasteiger partial charge in [-0.05, 0) is 25.2 Å². The van der Waals surface area contributed by atoms with Crippen molar-refractivity contribution in [2.75, 3.05) is 26.0 Å². The first-order valence-electron chi connectivity index (χ1n) is 8.07. The van der Waals surface area contributed by atoms with E-state index in [4.69, 9.17) is 0 Å². The number of rotatable bonds is 5. The van der Waals surface area contributed by atoms with Crippen molar-refractivity contribution >= 4 is 48.7 Å². The zero-order valence-corrected chi connectivity index (χ0v) is 17.2. The Morgan fingerprint density at radius 3 is 2.87 bits per heavy atom. The van der Waals surface area contributed by atoms with Gasteiger partial charge in [-0.3, -0.25) is 0 Å². The molecule has 23 heavy (non-hydrogen) atoms. The highest BCUT2D eigenvalue weighted by atomic mass is 31.1. The van der Waals surface area contributed by atoms with E-state index in [0.717, 1.165) is 23.3 Å². The molecule has 0 spiro atoms. The molecule has 0 radical (unpaired) electrons. The van der Waals surface area contributed by atoms with Crippen LogP contribution in [-0.4, -0.2) is 71.3 Å². The average molecular weight is 368 g/mol. The predicted octanol–water partition coefficient (Wildman–Crippen LogP) is 2.95. The number of hydrogen-bond acceptors (Lipinski definition) is 1. The van der Waals surface area contributed by atoms with Crippen LogP contribution in [0, 0.1) is 17.9 Å². The highest BCUT2D eigenvalue weighted by Gasteiger charge is 2.52. The van der Waals surface area contributed by atoms with Crippen LogP contribution < -0.4 is 0 Å². The molecular formula is C17H27N2OP3+2. The Labute approximate surface area is 144 Å². The highest BCUT2D eigenvalue weighted by molar-refractivity contribution is 7.55. The van der Waals surface area contributed by atoms with Crippen LogP contribution in [0.1, 0.15) is 26.2 Å². The van der Waals surface area contributed by atoms with E-state index in [1.54, 1.807) is 0 Å². The number of hydrogen-bond donors (Lipinski definition) is 0. The van der Waals surface area contributed by atoms with Crippen LogP contribution in [0.4, 0.5) is 0 Å². The van der Waals surface area contributed by atoms with Gasteiger partial charge >= 0.3 is 5.91 Å². The van der Waals surface area contributed by atoms with Crippen molar-refractivity contribution in [3.8, 4) is 12.0 Å². The smallest absolute Gasteiger partial charge is 0.246 e. The molecule has 0 aromatic carbocycles. The molecule has 1 fully saturated rings. The lowest BCUT2D eigenvalue weighted by Gasteiger charge is -2.19. The zero-order valence-electron chi connectivity index (χ0n) is 14.4. The molecule has 2 aliphatic rings. The van der Waals surface area contributed by atoms with E-state index in [1.807, 2.05) is 11.8 Å². The molecule has 0 aromatic heterocycles. The SMILES string of the molecule is C=PCC(=O)N1CC([P+](=C)C)[N+](C#CC)=C1C1CCCC1PC. The Morgan fingerprint density at radius 2 is 2.30 bits per heavy atom. The first kappa shape index (κ1) is 18.8. The van der Waals surface area contributed by atoms with E-state index in [1.165, 1.54) is 25.1 Å². The molecule has 2 rings (SSSR count). The topological polar surface area (TPSA) is 23.3 Å². The van der Waals surface area contributed by atoms with Gasteiger partial charge in [0.2, 0.25) is 0 Å². The third-order valence-electron chi connectivity index (χ3n) is 4.67. The van der Waals surface area contributed by atoms with E-state index in [-0.39, 0.29) is 11.7 Å². The molecule has 0 N–H and O–H groups in total. The Balaban J connectivity index is 2.51. The summed E-state index contributed by atoms with van der Waals surface area (Å²) in [6, 6.07) is 3.29. The first-order valence-corrected chi connectivity index (χ1v) is 13.0. The number of nitrogens with zero attached hydrogens (tertiary/aromatic N) is 2. The summed E-state index contributed by atoms with van der Waals surface area (Å²) in [5.41, 5.74) is 0.699. The molecule has 0 saturated heterocycles. The summed E-state index contributed by atoms with van der Waals surface area (Å²) in [5, 5.41) is 0. The molecule has 0 bridgehead atoms. The summed E-state index contributed by atoms with van der Waals surface area (Å²) in [5.74, 6) is 5.17. The maximum atomic E-state index is 12.7. The Kier molecular flexibility index (Phi) is 6.98. The summed E-state index contributed by atoms with van der Waals surface area (Å²) in [7, 11) is 1.38. The van der Waals surface area contributed by atoms with E-state index >= 15 is 0 Å². The lowest BCUT2D eigenvalue weighted by Crippen LogP contribution is -2.42. The fraction of sp³-hybridized carbons (Fsp3) is 0.647. The normalized spacial score (nSPS) is 28.6. The van der Waals surface area contributed by atoms with E-state index in [9.17, 15) is 4.79 Å². The summed E-state index contributed by atoms with van der Waals surface area (Å²) in [6.07, 6.45) is 12.3.